The Morgan fingerprint density at radius 1 is 0.976 bits per heavy atom. The zero-order valence-electron chi connectivity index (χ0n) is 24.3. The van der Waals surface area contributed by atoms with Crippen molar-refractivity contribution in [3.05, 3.63) is 71.4 Å². The topological polar surface area (TPSA) is 94.0 Å². The van der Waals surface area contributed by atoms with Gasteiger partial charge < -0.3 is 14.4 Å². The lowest BCUT2D eigenvalue weighted by atomic mass is 9.82. The smallest absolute Gasteiger partial charge is 0.343 e. The fourth-order valence-electron chi connectivity index (χ4n) is 6.38. The van der Waals surface area contributed by atoms with Crippen LogP contribution in [0.1, 0.15) is 78.7 Å². The molecule has 42 heavy (non-hydrogen) atoms. The Hall–Kier alpha value is -3.98. The molecule has 2 aliphatic heterocycles. The van der Waals surface area contributed by atoms with E-state index in [-0.39, 0.29) is 35.9 Å². The monoisotopic (exact) mass is 570 g/mol. The van der Waals surface area contributed by atoms with E-state index in [2.05, 4.69) is 6.92 Å². The van der Waals surface area contributed by atoms with E-state index < -0.39 is 5.97 Å². The van der Waals surface area contributed by atoms with Gasteiger partial charge in [-0.3, -0.25) is 14.5 Å². The van der Waals surface area contributed by atoms with Crippen molar-refractivity contribution in [3.63, 3.8) is 0 Å². The number of fused-ring (bicyclic) bond motifs is 1. The predicted molar refractivity (Wildman–Crippen MR) is 159 cm³/mol. The lowest BCUT2D eigenvalue weighted by Crippen LogP contribution is -2.47. The maximum Gasteiger partial charge on any atom is 0.343 e. The average molecular weight is 571 g/mol. The number of anilines is 2. The van der Waals surface area contributed by atoms with Gasteiger partial charge in [0.15, 0.2) is 5.82 Å². The maximum atomic E-state index is 14.1. The van der Waals surface area contributed by atoms with Gasteiger partial charge in [0.05, 0.1) is 18.8 Å². The molecular formula is C33H38N4O5. The number of ether oxygens (including phenoxy) is 2. The first kappa shape index (κ1) is 28.2. The average Bonchev–Trinajstić information content (AvgIpc) is 3.60. The largest absolute Gasteiger partial charge is 0.462 e. The number of carbonyl (C=O) groups excluding carboxylic acids is 3. The quantitative estimate of drug-likeness (QED) is 0.346. The number of hydrogen-bond donors (Lipinski definition) is 0. The highest BCUT2D eigenvalue weighted by molar-refractivity contribution is 6.10. The van der Waals surface area contributed by atoms with E-state index in [4.69, 9.17) is 14.6 Å². The van der Waals surface area contributed by atoms with E-state index in [1.807, 2.05) is 48.5 Å². The zero-order valence-corrected chi connectivity index (χ0v) is 24.3. The van der Waals surface area contributed by atoms with Crippen molar-refractivity contribution < 1.29 is 23.9 Å². The summed E-state index contributed by atoms with van der Waals surface area (Å²) in [4.78, 5) is 43.9. The molecule has 9 heteroatoms. The van der Waals surface area contributed by atoms with Crippen LogP contribution in [0.25, 0.3) is 5.69 Å². The van der Waals surface area contributed by atoms with E-state index in [9.17, 15) is 14.4 Å². The molecule has 1 aromatic heterocycles. The Morgan fingerprint density at radius 3 is 2.36 bits per heavy atom. The minimum Gasteiger partial charge on any atom is -0.462 e. The van der Waals surface area contributed by atoms with E-state index in [1.54, 1.807) is 27.6 Å². The van der Waals surface area contributed by atoms with Gasteiger partial charge in [-0.05, 0) is 87.3 Å². The fourth-order valence-corrected chi connectivity index (χ4v) is 6.38. The van der Waals surface area contributed by atoms with Gasteiger partial charge in [0, 0.05) is 42.6 Å². The van der Waals surface area contributed by atoms with Gasteiger partial charge in [0.2, 0.25) is 5.91 Å². The summed E-state index contributed by atoms with van der Waals surface area (Å²) in [5.74, 6) is 0.383. The van der Waals surface area contributed by atoms with Crippen LogP contribution in [0.15, 0.2) is 54.7 Å². The van der Waals surface area contributed by atoms with Crippen molar-refractivity contribution in [1.82, 2.24) is 9.78 Å². The van der Waals surface area contributed by atoms with Gasteiger partial charge in [-0.25, -0.2) is 9.48 Å². The van der Waals surface area contributed by atoms with Crippen LogP contribution >= 0.6 is 0 Å². The molecule has 2 amide bonds. The van der Waals surface area contributed by atoms with E-state index in [0.29, 0.717) is 50.0 Å². The summed E-state index contributed by atoms with van der Waals surface area (Å²) in [6.07, 6.45) is 6.76. The van der Waals surface area contributed by atoms with Gasteiger partial charge >= 0.3 is 5.97 Å². The van der Waals surface area contributed by atoms with Gasteiger partial charge in [-0.1, -0.05) is 25.1 Å². The van der Waals surface area contributed by atoms with Crippen LogP contribution in [0, 0.1) is 11.8 Å². The highest BCUT2D eigenvalue weighted by atomic mass is 16.5. The first-order valence-corrected chi connectivity index (χ1v) is 15.1. The summed E-state index contributed by atoms with van der Waals surface area (Å²) in [7, 11) is 0. The molecule has 0 radical (unpaired) electrons. The summed E-state index contributed by atoms with van der Waals surface area (Å²) in [6.45, 7) is 5.87. The number of amides is 2. The maximum absolute atomic E-state index is 14.1. The van der Waals surface area contributed by atoms with Crippen LogP contribution in [-0.2, 0) is 20.8 Å². The molecule has 0 N–H and O–H groups in total. The Kier molecular flexibility index (Phi) is 8.11. The second-order valence-electron chi connectivity index (χ2n) is 11.6. The molecule has 0 atom stereocenters. The lowest BCUT2D eigenvalue weighted by molar-refractivity contribution is -0.124. The van der Waals surface area contributed by atoms with Crippen molar-refractivity contribution in [2.75, 3.05) is 29.6 Å². The molecule has 1 saturated carbocycles. The second kappa shape index (κ2) is 12.1. The van der Waals surface area contributed by atoms with Crippen molar-refractivity contribution in [2.24, 2.45) is 11.8 Å². The number of hydrogen-bond acceptors (Lipinski definition) is 6. The minimum atomic E-state index is -0.502. The second-order valence-corrected chi connectivity index (χ2v) is 11.6. The van der Waals surface area contributed by atoms with Gasteiger partial charge in [0.25, 0.3) is 5.91 Å². The third kappa shape index (κ3) is 5.45. The van der Waals surface area contributed by atoms with E-state index >= 15 is 0 Å². The summed E-state index contributed by atoms with van der Waals surface area (Å²) >= 11 is 0. The van der Waals surface area contributed by atoms with Crippen molar-refractivity contribution >= 4 is 29.3 Å². The highest BCUT2D eigenvalue weighted by Gasteiger charge is 2.38. The summed E-state index contributed by atoms with van der Waals surface area (Å²) in [5, 5.41) is 4.86. The molecule has 2 fully saturated rings. The Labute approximate surface area is 246 Å². The van der Waals surface area contributed by atoms with Gasteiger partial charge in [-0.15, -0.1) is 5.10 Å². The number of esters is 1. The van der Waals surface area contributed by atoms with E-state index in [1.165, 1.54) is 0 Å². The van der Waals surface area contributed by atoms with Crippen LogP contribution in [0.2, 0.25) is 0 Å². The van der Waals surface area contributed by atoms with Crippen LogP contribution in [-0.4, -0.2) is 53.4 Å². The normalized spacial score (nSPS) is 20.8. The minimum absolute atomic E-state index is 0.0213. The Morgan fingerprint density at radius 2 is 1.67 bits per heavy atom. The first-order valence-electron chi connectivity index (χ1n) is 15.1. The zero-order chi connectivity index (χ0) is 29.2. The Bertz CT molecular complexity index is 1450. The number of benzene rings is 2. The first-order chi connectivity index (χ1) is 20.4. The number of rotatable bonds is 7. The molecule has 9 nitrogen and oxygen atoms in total. The molecule has 0 unspecified atom stereocenters. The van der Waals surface area contributed by atoms with Crippen LogP contribution in [0.3, 0.4) is 0 Å². The van der Waals surface area contributed by atoms with Crippen molar-refractivity contribution in [1.29, 1.82) is 0 Å². The molecule has 1 saturated heterocycles. The van der Waals surface area contributed by atoms with Gasteiger partial charge in [-0.2, -0.15) is 0 Å². The van der Waals surface area contributed by atoms with Gasteiger partial charge in [0.1, 0.15) is 5.56 Å². The fraction of sp³-hybridized carbons (Fsp3) is 0.455. The van der Waals surface area contributed by atoms with Crippen LogP contribution in [0.5, 0.6) is 0 Å². The highest BCUT2D eigenvalue weighted by Crippen LogP contribution is 2.35. The molecule has 3 heterocycles. The molecular weight excluding hydrogens is 532 g/mol. The molecule has 3 aliphatic rings. The molecule has 3 aromatic rings. The molecule has 2 aromatic carbocycles. The third-order valence-corrected chi connectivity index (χ3v) is 8.82. The molecule has 0 bridgehead atoms. The summed E-state index contributed by atoms with van der Waals surface area (Å²) in [6, 6.07) is 15.1. The number of aromatic nitrogens is 2. The SMILES string of the molecule is CCOC(=O)c1cn(-c2ccc(N3Cc4ccccc4C3=O)cc2)nc1N(C(=O)[C@H]1CC[C@H](C)CC1)C1CCOCC1. The molecule has 6 rings (SSSR count). The summed E-state index contributed by atoms with van der Waals surface area (Å²) < 4.78 is 12.7. The molecule has 220 valence electrons. The number of carbonyl (C=O) groups is 3. The Balaban J connectivity index is 1.33. The molecule has 1 aliphatic carbocycles. The predicted octanol–water partition coefficient (Wildman–Crippen LogP) is 5.55. The standard InChI is InChI=1S/C33H38N4O5/c1-3-42-33(40)29-21-36(26-14-12-25(13-15-26)35-20-24-6-4-5-7-28(24)32(35)39)34-30(29)37(27-16-18-41-19-17-27)31(38)23-10-8-22(2)9-11-23/h4-7,12-15,21-23,27H,3,8-11,16-20H2,1-2H3/t22-,23-. The van der Waals surface area contributed by atoms with Crippen molar-refractivity contribution in [2.45, 2.75) is 65.0 Å². The lowest BCUT2D eigenvalue weighted by Gasteiger charge is -2.37. The van der Waals surface area contributed by atoms with E-state index in [0.717, 1.165) is 42.5 Å². The van der Waals surface area contributed by atoms with Crippen LogP contribution in [0.4, 0.5) is 11.5 Å². The summed E-state index contributed by atoms with van der Waals surface area (Å²) in [5.41, 5.74) is 3.50. The third-order valence-electron chi connectivity index (χ3n) is 8.82. The molecule has 0 spiro atoms. The van der Waals surface area contributed by atoms with Crippen molar-refractivity contribution in [3.8, 4) is 5.69 Å². The number of nitrogens with zero attached hydrogens (tertiary/aromatic N) is 4. The van der Waals surface area contributed by atoms with Crippen LogP contribution < -0.4 is 9.80 Å².